The molecule has 0 saturated heterocycles. The first kappa shape index (κ1) is 14.5. The first-order valence-electron chi connectivity index (χ1n) is 5.33. The topological polar surface area (TPSA) is 84.5 Å². The number of alkyl halides is 1. The molecule has 1 fully saturated rings. The summed E-state index contributed by atoms with van der Waals surface area (Å²) in [4.78, 5) is 11.1. The van der Waals surface area contributed by atoms with Gasteiger partial charge in [-0.1, -0.05) is 0 Å². The second kappa shape index (κ2) is 5.41. The number of ether oxygens (including phenoxy) is 1. The van der Waals surface area contributed by atoms with Crippen LogP contribution in [0, 0.1) is 5.41 Å². The molecule has 0 aromatic heterocycles. The van der Waals surface area contributed by atoms with Gasteiger partial charge in [-0.3, -0.25) is 0 Å². The summed E-state index contributed by atoms with van der Waals surface area (Å²) in [7, 11) is -3.86. The molecular formula is C9H17ClN2O4S. The fourth-order valence-corrected chi connectivity index (χ4v) is 2.36. The number of carbonyl (C=O) groups is 1. The lowest BCUT2D eigenvalue weighted by Crippen LogP contribution is -2.43. The molecule has 100 valence electrons. The molecule has 1 aliphatic rings. The standard InChI is InChI=1S/C9H17ClN2O4S/c1-7(2)16-8(13)12-17(14,15)11-6-9(5-10)3-4-9/h7,11H,3-6H2,1-2H3,(H,12,13). The van der Waals surface area contributed by atoms with Crippen LogP contribution in [0.4, 0.5) is 4.79 Å². The van der Waals surface area contributed by atoms with Gasteiger partial charge in [0.1, 0.15) is 0 Å². The van der Waals surface area contributed by atoms with Crippen LogP contribution in [-0.2, 0) is 14.9 Å². The zero-order chi connectivity index (χ0) is 13.1. The zero-order valence-corrected chi connectivity index (χ0v) is 11.4. The number of amides is 1. The van der Waals surface area contributed by atoms with Gasteiger partial charge >= 0.3 is 16.3 Å². The van der Waals surface area contributed by atoms with E-state index in [0.29, 0.717) is 5.88 Å². The summed E-state index contributed by atoms with van der Waals surface area (Å²) in [5, 5.41) is 0. The molecule has 0 aromatic carbocycles. The maximum Gasteiger partial charge on any atom is 0.422 e. The van der Waals surface area contributed by atoms with Crippen molar-refractivity contribution < 1.29 is 17.9 Å². The predicted molar refractivity (Wildman–Crippen MR) is 64.1 cm³/mol. The van der Waals surface area contributed by atoms with Crippen LogP contribution in [0.3, 0.4) is 0 Å². The second-order valence-corrected chi connectivity index (χ2v) is 6.28. The first-order chi connectivity index (χ1) is 7.79. The van der Waals surface area contributed by atoms with Gasteiger partial charge in [0.05, 0.1) is 6.10 Å². The van der Waals surface area contributed by atoms with Crippen molar-refractivity contribution in [3.05, 3.63) is 0 Å². The van der Waals surface area contributed by atoms with Crippen LogP contribution < -0.4 is 9.44 Å². The Morgan fingerprint density at radius 1 is 1.47 bits per heavy atom. The highest BCUT2D eigenvalue weighted by Gasteiger charge is 2.42. The number of carbonyl (C=O) groups excluding carboxylic acids is 1. The van der Waals surface area contributed by atoms with Crippen molar-refractivity contribution in [1.29, 1.82) is 0 Å². The highest BCUT2D eigenvalue weighted by atomic mass is 35.5. The Morgan fingerprint density at radius 3 is 2.47 bits per heavy atom. The van der Waals surface area contributed by atoms with Crippen molar-refractivity contribution in [2.45, 2.75) is 32.8 Å². The van der Waals surface area contributed by atoms with Crippen LogP contribution >= 0.6 is 11.6 Å². The van der Waals surface area contributed by atoms with Crippen LogP contribution in [0.5, 0.6) is 0 Å². The van der Waals surface area contributed by atoms with Gasteiger partial charge < -0.3 is 4.74 Å². The van der Waals surface area contributed by atoms with E-state index >= 15 is 0 Å². The summed E-state index contributed by atoms with van der Waals surface area (Å²) >= 11 is 5.71. The first-order valence-corrected chi connectivity index (χ1v) is 7.34. The van der Waals surface area contributed by atoms with Crippen molar-refractivity contribution in [3.63, 3.8) is 0 Å². The van der Waals surface area contributed by atoms with Gasteiger partial charge in [0.25, 0.3) is 0 Å². The van der Waals surface area contributed by atoms with Gasteiger partial charge in [0, 0.05) is 12.4 Å². The SMILES string of the molecule is CC(C)OC(=O)NS(=O)(=O)NCC1(CCl)CC1. The van der Waals surface area contributed by atoms with E-state index in [-0.39, 0.29) is 18.1 Å². The van der Waals surface area contributed by atoms with E-state index in [9.17, 15) is 13.2 Å². The van der Waals surface area contributed by atoms with E-state index in [1.807, 2.05) is 0 Å². The molecule has 0 aromatic rings. The fourth-order valence-electron chi connectivity index (χ4n) is 1.17. The second-order valence-electron chi connectivity index (χ2n) is 4.51. The van der Waals surface area contributed by atoms with Crippen LogP contribution in [0.1, 0.15) is 26.7 Å². The predicted octanol–water partition coefficient (Wildman–Crippen LogP) is 0.974. The lowest BCUT2D eigenvalue weighted by molar-refractivity contribution is 0.121. The molecule has 0 heterocycles. The van der Waals surface area contributed by atoms with Crippen molar-refractivity contribution in [3.8, 4) is 0 Å². The van der Waals surface area contributed by atoms with E-state index in [4.69, 9.17) is 11.6 Å². The summed E-state index contributed by atoms with van der Waals surface area (Å²) < 4.78 is 31.6. The molecule has 0 radical (unpaired) electrons. The summed E-state index contributed by atoms with van der Waals surface area (Å²) in [5.41, 5.74) is -0.141. The summed E-state index contributed by atoms with van der Waals surface area (Å²) in [6.45, 7) is 3.50. The number of nitrogens with one attached hydrogen (secondary N) is 2. The van der Waals surface area contributed by atoms with Crippen molar-refractivity contribution >= 4 is 27.9 Å². The summed E-state index contributed by atoms with van der Waals surface area (Å²) in [6, 6.07) is 0. The van der Waals surface area contributed by atoms with E-state index in [1.54, 1.807) is 18.6 Å². The molecule has 6 nitrogen and oxygen atoms in total. The Morgan fingerprint density at radius 2 is 2.06 bits per heavy atom. The molecule has 1 amide bonds. The Hall–Kier alpha value is -0.530. The van der Waals surface area contributed by atoms with Crippen LogP contribution in [0.25, 0.3) is 0 Å². The Balaban J connectivity index is 2.38. The van der Waals surface area contributed by atoms with E-state index < -0.39 is 16.3 Å². The van der Waals surface area contributed by atoms with Gasteiger partial charge in [-0.15, -0.1) is 11.6 Å². The largest absolute Gasteiger partial charge is 0.446 e. The maximum absolute atomic E-state index is 11.4. The third kappa shape index (κ3) is 5.10. The minimum Gasteiger partial charge on any atom is -0.446 e. The average molecular weight is 285 g/mol. The molecule has 0 spiro atoms. The van der Waals surface area contributed by atoms with Crippen LogP contribution in [0.2, 0.25) is 0 Å². The van der Waals surface area contributed by atoms with Crippen molar-refractivity contribution in [2.75, 3.05) is 12.4 Å². The molecule has 8 heteroatoms. The Labute approximate surface area is 106 Å². The van der Waals surface area contributed by atoms with Crippen LogP contribution in [0.15, 0.2) is 0 Å². The molecule has 1 aliphatic carbocycles. The molecule has 1 rings (SSSR count). The van der Waals surface area contributed by atoms with Gasteiger partial charge in [-0.05, 0) is 32.1 Å². The van der Waals surface area contributed by atoms with Gasteiger partial charge in [0.15, 0.2) is 0 Å². The van der Waals surface area contributed by atoms with Gasteiger partial charge in [-0.2, -0.15) is 13.1 Å². The quantitative estimate of drug-likeness (QED) is 0.712. The lowest BCUT2D eigenvalue weighted by Gasteiger charge is -2.14. The van der Waals surface area contributed by atoms with E-state index in [1.165, 1.54) is 0 Å². The minimum atomic E-state index is -3.86. The van der Waals surface area contributed by atoms with Crippen molar-refractivity contribution in [2.24, 2.45) is 5.41 Å². The van der Waals surface area contributed by atoms with Gasteiger partial charge in [0.2, 0.25) is 0 Å². The minimum absolute atomic E-state index is 0.141. The molecular weight excluding hydrogens is 268 g/mol. The number of hydrogen-bond acceptors (Lipinski definition) is 4. The van der Waals surface area contributed by atoms with Gasteiger partial charge in [-0.25, -0.2) is 9.52 Å². The molecule has 2 N–H and O–H groups in total. The maximum atomic E-state index is 11.4. The average Bonchev–Trinajstić information content (AvgIpc) is 2.93. The number of hydrogen-bond donors (Lipinski definition) is 2. The smallest absolute Gasteiger partial charge is 0.422 e. The number of halogens is 1. The Kier molecular flexibility index (Phi) is 4.62. The third-order valence-electron chi connectivity index (χ3n) is 2.44. The van der Waals surface area contributed by atoms with Crippen molar-refractivity contribution in [1.82, 2.24) is 9.44 Å². The molecule has 1 saturated carbocycles. The van der Waals surface area contributed by atoms with Crippen LogP contribution in [-0.4, -0.2) is 33.0 Å². The highest BCUT2D eigenvalue weighted by molar-refractivity contribution is 7.88. The summed E-state index contributed by atoms with van der Waals surface area (Å²) in [6.07, 6.45) is 0.441. The summed E-state index contributed by atoms with van der Waals surface area (Å²) in [5.74, 6) is 0.409. The van der Waals surface area contributed by atoms with E-state index in [0.717, 1.165) is 12.8 Å². The monoisotopic (exact) mass is 284 g/mol. The molecule has 0 unspecified atom stereocenters. The third-order valence-corrected chi connectivity index (χ3v) is 3.96. The molecule has 0 aliphatic heterocycles. The normalized spacial score (nSPS) is 17.9. The highest BCUT2D eigenvalue weighted by Crippen LogP contribution is 2.45. The fraction of sp³-hybridized carbons (Fsp3) is 0.889. The molecule has 0 bridgehead atoms. The van der Waals surface area contributed by atoms with E-state index in [2.05, 4.69) is 9.46 Å². The number of rotatable bonds is 6. The molecule has 0 atom stereocenters. The Bertz CT molecular complexity index is 378. The lowest BCUT2D eigenvalue weighted by atomic mass is 10.1. The zero-order valence-electron chi connectivity index (χ0n) is 9.82. The molecule has 17 heavy (non-hydrogen) atoms.